The Morgan fingerprint density at radius 1 is 1.32 bits per heavy atom. The molecule has 0 saturated carbocycles. The molecule has 1 amide bonds. The molecule has 1 saturated heterocycles. The fourth-order valence-corrected chi connectivity index (χ4v) is 2.31. The Balaban J connectivity index is 2.28. The minimum Gasteiger partial charge on any atom is -0.378 e. The van der Waals surface area contributed by atoms with Gasteiger partial charge in [0.1, 0.15) is 5.82 Å². The van der Waals surface area contributed by atoms with E-state index in [0.717, 1.165) is 18.2 Å². The van der Waals surface area contributed by atoms with Gasteiger partial charge < -0.3 is 9.64 Å². The van der Waals surface area contributed by atoms with E-state index in [4.69, 9.17) is 9.88 Å². The largest absolute Gasteiger partial charge is 0.378 e. The van der Waals surface area contributed by atoms with E-state index in [-0.39, 0.29) is 10.5 Å². The Morgan fingerprint density at radius 2 is 1.95 bits per heavy atom. The van der Waals surface area contributed by atoms with Crippen LogP contribution in [0.4, 0.5) is 4.39 Å². The molecule has 0 radical (unpaired) electrons. The number of nitrogens with zero attached hydrogens (tertiary/aromatic N) is 1. The lowest BCUT2D eigenvalue weighted by molar-refractivity contribution is 0.0300. The fraction of sp³-hybridized carbons (Fsp3) is 0.364. The molecule has 0 aliphatic carbocycles. The number of sulfonamides is 1. The summed E-state index contributed by atoms with van der Waals surface area (Å²) in [6, 6.07) is 3.00. The number of carbonyl (C=O) groups excluding carboxylic acids is 1. The maximum absolute atomic E-state index is 13.8. The lowest BCUT2D eigenvalue weighted by atomic mass is 10.2. The summed E-state index contributed by atoms with van der Waals surface area (Å²) in [5.41, 5.74) is -0.172. The second-order valence-corrected chi connectivity index (χ2v) is 5.65. The first kappa shape index (κ1) is 13.9. The summed E-state index contributed by atoms with van der Waals surface area (Å²) >= 11 is 0. The predicted molar refractivity (Wildman–Crippen MR) is 64.5 cm³/mol. The minimum absolute atomic E-state index is 0.172. The molecule has 6 nitrogen and oxygen atoms in total. The number of benzene rings is 1. The van der Waals surface area contributed by atoms with Crippen LogP contribution in [0.1, 0.15) is 10.4 Å². The lowest BCUT2D eigenvalue weighted by Gasteiger charge is -2.27. The van der Waals surface area contributed by atoms with Crippen molar-refractivity contribution in [1.82, 2.24) is 4.90 Å². The number of halogens is 1. The van der Waals surface area contributed by atoms with Crippen LogP contribution in [0.25, 0.3) is 0 Å². The smallest absolute Gasteiger partial charge is 0.256 e. The molecule has 1 heterocycles. The van der Waals surface area contributed by atoms with Crippen LogP contribution in [0.2, 0.25) is 0 Å². The predicted octanol–water partition coefficient (Wildman–Crippen LogP) is -0.0545. The number of ether oxygens (including phenoxy) is 1. The molecule has 1 aromatic carbocycles. The summed E-state index contributed by atoms with van der Waals surface area (Å²) in [5, 5.41) is 4.89. The van der Waals surface area contributed by atoms with Crippen LogP contribution in [0.15, 0.2) is 23.1 Å². The molecule has 104 valence electrons. The summed E-state index contributed by atoms with van der Waals surface area (Å²) in [5.74, 6) is -1.38. The molecule has 2 rings (SSSR count). The van der Waals surface area contributed by atoms with E-state index < -0.39 is 21.7 Å². The number of nitrogens with two attached hydrogens (primary N) is 1. The van der Waals surface area contributed by atoms with Gasteiger partial charge in [-0.1, -0.05) is 0 Å². The number of hydrogen-bond donors (Lipinski definition) is 1. The van der Waals surface area contributed by atoms with Gasteiger partial charge in [-0.15, -0.1) is 0 Å². The van der Waals surface area contributed by atoms with E-state index >= 15 is 0 Å². The van der Waals surface area contributed by atoms with Crippen LogP contribution in [-0.2, 0) is 14.8 Å². The molecule has 19 heavy (non-hydrogen) atoms. The highest BCUT2D eigenvalue weighted by atomic mass is 32.2. The molecule has 0 bridgehead atoms. The highest BCUT2D eigenvalue weighted by molar-refractivity contribution is 7.89. The van der Waals surface area contributed by atoms with Gasteiger partial charge in [0.25, 0.3) is 5.91 Å². The monoisotopic (exact) mass is 288 g/mol. The normalized spacial score (nSPS) is 16.4. The van der Waals surface area contributed by atoms with Crippen molar-refractivity contribution in [1.29, 1.82) is 0 Å². The van der Waals surface area contributed by atoms with E-state index in [9.17, 15) is 17.6 Å². The summed E-state index contributed by atoms with van der Waals surface area (Å²) < 4.78 is 41.0. The van der Waals surface area contributed by atoms with E-state index in [1.165, 1.54) is 4.90 Å². The number of amides is 1. The maximum Gasteiger partial charge on any atom is 0.256 e. The summed E-state index contributed by atoms with van der Waals surface area (Å²) in [7, 11) is -3.98. The summed E-state index contributed by atoms with van der Waals surface area (Å²) in [6.07, 6.45) is 0. The van der Waals surface area contributed by atoms with Crippen molar-refractivity contribution in [2.24, 2.45) is 5.14 Å². The molecule has 1 aromatic rings. The molecule has 1 fully saturated rings. The standard InChI is InChI=1S/C11H13FN2O4S/c12-10-7-8(19(13,16)17)1-2-9(10)11(15)14-3-5-18-6-4-14/h1-2,7H,3-6H2,(H2,13,16,17). The van der Waals surface area contributed by atoms with Crippen molar-refractivity contribution >= 4 is 15.9 Å². The van der Waals surface area contributed by atoms with Gasteiger partial charge in [-0.25, -0.2) is 17.9 Å². The number of rotatable bonds is 2. The third kappa shape index (κ3) is 3.09. The van der Waals surface area contributed by atoms with Crippen LogP contribution in [0.3, 0.4) is 0 Å². The second-order valence-electron chi connectivity index (χ2n) is 4.09. The zero-order valence-electron chi connectivity index (χ0n) is 10.0. The molecule has 8 heteroatoms. The number of morpholine rings is 1. The molecular weight excluding hydrogens is 275 g/mol. The van der Waals surface area contributed by atoms with E-state index in [0.29, 0.717) is 26.3 Å². The zero-order valence-corrected chi connectivity index (χ0v) is 10.8. The molecule has 0 atom stereocenters. The van der Waals surface area contributed by atoms with Crippen LogP contribution in [0.5, 0.6) is 0 Å². The van der Waals surface area contributed by atoms with Crippen molar-refractivity contribution in [3.05, 3.63) is 29.6 Å². The first-order valence-corrected chi connectivity index (χ1v) is 7.13. The van der Waals surface area contributed by atoms with Crippen molar-refractivity contribution < 1.29 is 22.3 Å². The van der Waals surface area contributed by atoms with Gasteiger partial charge in [-0.2, -0.15) is 0 Å². The van der Waals surface area contributed by atoms with Crippen molar-refractivity contribution in [3.63, 3.8) is 0 Å². The van der Waals surface area contributed by atoms with Gasteiger partial charge in [-0.3, -0.25) is 4.79 Å². The fourth-order valence-electron chi connectivity index (χ4n) is 1.78. The van der Waals surface area contributed by atoms with Gasteiger partial charge in [0, 0.05) is 13.1 Å². The van der Waals surface area contributed by atoms with Crippen LogP contribution in [-0.4, -0.2) is 45.5 Å². The van der Waals surface area contributed by atoms with E-state index in [1.807, 2.05) is 0 Å². The molecule has 1 aliphatic heterocycles. The molecule has 0 unspecified atom stereocenters. The quantitative estimate of drug-likeness (QED) is 0.826. The average molecular weight is 288 g/mol. The van der Waals surface area contributed by atoms with Crippen LogP contribution < -0.4 is 5.14 Å². The Morgan fingerprint density at radius 3 is 2.47 bits per heavy atom. The summed E-state index contributed by atoms with van der Waals surface area (Å²) in [4.78, 5) is 13.1. The first-order chi connectivity index (χ1) is 8.89. The Kier molecular flexibility index (Phi) is 3.83. The second kappa shape index (κ2) is 5.24. The zero-order chi connectivity index (χ0) is 14.0. The average Bonchev–Trinajstić information content (AvgIpc) is 2.38. The Labute approximate surface area is 110 Å². The van der Waals surface area contributed by atoms with E-state index in [1.54, 1.807) is 0 Å². The maximum atomic E-state index is 13.8. The van der Waals surface area contributed by atoms with Crippen molar-refractivity contribution in [3.8, 4) is 0 Å². The highest BCUT2D eigenvalue weighted by Crippen LogP contribution is 2.16. The molecule has 1 aliphatic rings. The topological polar surface area (TPSA) is 89.7 Å². The first-order valence-electron chi connectivity index (χ1n) is 5.59. The number of primary sulfonamides is 1. The van der Waals surface area contributed by atoms with Crippen molar-refractivity contribution in [2.45, 2.75) is 4.90 Å². The van der Waals surface area contributed by atoms with Gasteiger partial charge in [0.2, 0.25) is 10.0 Å². The Hall–Kier alpha value is -1.51. The minimum atomic E-state index is -3.98. The number of carbonyl (C=O) groups is 1. The molecule has 0 spiro atoms. The molecule has 2 N–H and O–H groups in total. The highest BCUT2D eigenvalue weighted by Gasteiger charge is 2.22. The lowest BCUT2D eigenvalue weighted by Crippen LogP contribution is -2.41. The van der Waals surface area contributed by atoms with Gasteiger partial charge in [0.05, 0.1) is 23.7 Å². The van der Waals surface area contributed by atoms with Gasteiger partial charge in [0.15, 0.2) is 0 Å². The van der Waals surface area contributed by atoms with Crippen LogP contribution >= 0.6 is 0 Å². The van der Waals surface area contributed by atoms with Crippen LogP contribution in [0, 0.1) is 5.82 Å². The van der Waals surface area contributed by atoms with E-state index in [2.05, 4.69) is 0 Å². The third-order valence-corrected chi connectivity index (χ3v) is 3.71. The SMILES string of the molecule is NS(=O)(=O)c1ccc(C(=O)N2CCOCC2)c(F)c1. The van der Waals surface area contributed by atoms with Gasteiger partial charge >= 0.3 is 0 Å². The molecular formula is C11H13FN2O4S. The third-order valence-electron chi connectivity index (χ3n) is 2.80. The Bertz CT molecular complexity index is 597. The number of hydrogen-bond acceptors (Lipinski definition) is 4. The molecule has 0 aromatic heterocycles. The van der Waals surface area contributed by atoms with Crippen molar-refractivity contribution in [2.75, 3.05) is 26.3 Å². The van der Waals surface area contributed by atoms with Gasteiger partial charge in [-0.05, 0) is 18.2 Å². The summed E-state index contributed by atoms with van der Waals surface area (Å²) in [6.45, 7) is 1.58.